The molecule has 2 rings (SSSR count). The van der Waals surface area contributed by atoms with Gasteiger partial charge in [-0.05, 0) is 42.7 Å². The van der Waals surface area contributed by atoms with Crippen molar-refractivity contribution in [1.29, 1.82) is 0 Å². The molecule has 3 heteroatoms. The van der Waals surface area contributed by atoms with Gasteiger partial charge >= 0.3 is 0 Å². The van der Waals surface area contributed by atoms with Crippen molar-refractivity contribution >= 4 is 12.7 Å². The molecule has 1 aliphatic carbocycles. The monoisotopic (exact) mass is 294 g/mol. The average Bonchev–Trinajstić information content (AvgIpc) is 2.39. The van der Waals surface area contributed by atoms with Crippen LogP contribution < -0.4 is 5.30 Å². The number of hydrogen-bond acceptors (Lipinski definition) is 2. The molecule has 0 N–H and O–H groups in total. The summed E-state index contributed by atoms with van der Waals surface area (Å²) in [5.74, 6) is 1.79. The predicted octanol–water partition coefficient (Wildman–Crippen LogP) is 4.70. The topological polar surface area (TPSA) is 26.3 Å². The van der Waals surface area contributed by atoms with Gasteiger partial charge in [-0.3, -0.25) is 4.57 Å². The average molecular weight is 294 g/mol. The summed E-state index contributed by atoms with van der Waals surface area (Å²) in [6.07, 6.45) is 3.63. The van der Waals surface area contributed by atoms with Gasteiger partial charge in [-0.25, -0.2) is 0 Å². The Morgan fingerprint density at radius 2 is 1.85 bits per heavy atom. The molecule has 0 amide bonds. The largest absolute Gasteiger partial charge is 0.322 e. The molecule has 0 bridgehead atoms. The molecule has 112 valence electrons. The SMILES string of the molecule is CC(C)[C@H]1CC[C@@H](C)C[C@@H]1OP(C)(=O)c1ccccc1. The first kappa shape index (κ1) is 15.8. The van der Waals surface area contributed by atoms with Gasteiger partial charge in [0.15, 0.2) is 0 Å². The molecule has 0 radical (unpaired) electrons. The zero-order valence-corrected chi connectivity index (χ0v) is 14.0. The first-order chi connectivity index (χ1) is 9.40. The van der Waals surface area contributed by atoms with Crippen LogP contribution in [0.2, 0.25) is 0 Å². The van der Waals surface area contributed by atoms with E-state index in [1.54, 1.807) is 6.66 Å². The van der Waals surface area contributed by atoms with Crippen molar-refractivity contribution in [3.8, 4) is 0 Å². The molecule has 1 saturated carbocycles. The first-order valence-corrected chi connectivity index (χ1v) is 9.79. The van der Waals surface area contributed by atoms with Crippen molar-refractivity contribution in [2.45, 2.75) is 46.1 Å². The molecule has 1 unspecified atom stereocenters. The van der Waals surface area contributed by atoms with Gasteiger partial charge in [0, 0.05) is 12.0 Å². The highest BCUT2D eigenvalue weighted by atomic mass is 31.2. The zero-order chi connectivity index (χ0) is 14.8. The Kier molecular flexibility index (Phi) is 5.09. The molecule has 1 aliphatic rings. The van der Waals surface area contributed by atoms with E-state index in [0.717, 1.165) is 11.7 Å². The van der Waals surface area contributed by atoms with Crippen molar-refractivity contribution in [2.24, 2.45) is 17.8 Å². The minimum atomic E-state index is -2.72. The highest BCUT2D eigenvalue weighted by Gasteiger charge is 2.35. The molecule has 0 aliphatic heterocycles. The van der Waals surface area contributed by atoms with Crippen LogP contribution in [0.5, 0.6) is 0 Å². The summed E-state index contributed by atoms with van der Waals surface area (Å²) in [7, 11) is -2.72. The third-order valence-electron chi connectivity index (χ3n) is 4.52. The fraction of sp³-hybridized carbons (Fsp3) is 0.647. The van der Waals surface area contributed by atoms with Gasteiger partial charge in [-0.15, -0.1) is 0 Å². The summed E-state index contributed by atoms with van der Waals surface area (Å²) in [5, 5.41) is 0.834. The smallest absolute Gasteiger partial charge is 0.229 e. The molecule has 4 atom stereocenters. The van der Waals surface area contributed by atoms with Crippen molar-refractivity contribution in [1.82, 2.24) is 0 Å². The molecule has 0 saturated heterocycles. The van der Waals surface area contributed by atoms with Crippen LogP contribution in [0.4, 0.5) is 0 Å². The second kappa shape index (κ2) is 6.45. The van der Waals surface area contributed by atoms with Crippen LogP contribution in [0.3, 0.4) is 0 Å². The van der Waals surface area contributed by atoms with Crippen LogP contribution >= 0.6 is 7.37 Å². The lowest BCUT2D eigenvalue weighted by Gasteiger charge is -2.38. The summed E-state index contributed by atoms with van der Waals surface area (Å²) in [4.78, 5) is 0. The van der Waals surface area contributed by atoms with Crippen LogP contribution in [0, 0.1) is 17.8 Å². The van der Waals surface area contributed by atoms with Crippen LogP contribution in [-0.2, 0) is 9.09 Å². The minimum Gasteiger partial charge on any atom is -0.322 e. The Morgan fingerprint density at radius 3 is 2.45 bits per heavy atom. The highest BCUT2D eigenvalue weighted by molar-refractivity contribution is 7.66. The van der Waals surface area contributed by atoms with Crippen molar-refractivity contribution in [3.05, 3.63) is 30.3 Å². The Labute approximate surface area is 123 Å². The molecule has 20 heavy (non-hydrogen) atoms. The molecular weight excluding hydrogens is 267 g/mol. The van der Waals surface area contributed by atoms with Crippen molar-refractivity contribution in [3.63, 3.8) is 0 Å². The van der Waals surface area contributed by atoms with E-state index in [4.69, 9.17) is 4.52 Å². The van der Waals surface area contributed by atoms with E-state index >= 15 is 0 Å². The number of benzene rings is 1. The normalized spacial score (nSPS) is 30.1. The zero-order valence-electron chi connectivity index (χ0n) is 13.1. The van der Waals surface area contributed by atoms with E-state index in [-0.39, 0.29) is 6.10 Å². The van der Waals surface area contributed by atoms with Gasteiger partial charge in [0.25, 0.3) is 0 Å². The molecule has 1 aromatic carbocycles. The third kappa shape index (κ3) is 3.74. The fourth-order valence-corrected chi connectivity index (χ4v) is 4.85. The molecule has 1 aromatic rings. The van der Waals surface area contributed by atoms with E-state index in [1.807, 2.05) is 30.3 Å². The maximum absolute atomic E-state index is 12.9. The Bertz CT molecular complexity index is 469. The van der Waals surface area contributed by atoms with E-state index in [9.17, 15) is 4.57 Å². The van der Waals surface area contributed by atoms with Gasteiger partial charge in [-0.2, -0.15) is 0 Å². The quantitative estimate of drug-likeness (QED) is 0.753. The Hall–Kier alpha value is -0.590. The third-order valence-corrected chi connectivity index (χ3v) is 6.43. The van der Waals surface area contributed by atoms with Gasteiger partial charge in [0.2, 0.25) is 7.37 Å². The van der Waals surface area contributed by atoms with Crippen LogP contribution in [0.1, 0.15) is 40.0 Å². The van der Waals surface area contributed by atoms with Crippen molar-refractivity contribution < 1.29 is 9.09 Å². The van der Waals surface area contributed by atoms with Gasteiger partial charge < -0.3 is 4.52 Å². The Balaban J connectivity index is 2.15. The van der Waals surface area contributed by atoms with Gasteiger partial charge in [0.1, 0.15) is 0 Å². The molecule has 0 heterocycles. The van der Waals surface area contributed by atoms with Gasteiger partial charge in [0.05, 0.1) is 6.10 Å². The number of hydrogen-bond donors (Lipinski definition) is 0. The lowest BCUT2D eigenvalue weighted by Crippen LogP contribution is -2.34. The van der Waals surface area contributed by atoms with Crippen LogP contribution in [0.25, 0.3) is 0 Å². The van der Waals surface area contributed by atoms with E-state index in [2.05, 4.69) is 20.8 Å². The molecule has 0 aromatic heterocycles. The standard InChI is InChI=1S/C17H27O2P/c1-13(2)16-11-10-14(3)12-17(16)19-20(4,18)15-8-6-5-7-9-15/h5-9,13-14,16-17H,10-12H2,1-4H3/t14-,16-,17+,20?/m1/s1. The highest BCUT2D eigenvalue weighted by Crippen LogP contribution is 2.48. The molecule has 2 nitrogen and oxygen atoms in total. The predicted molar refractivity (Wildman–Crippen MR) is 85.8 cm³/mol. The Morgan fingerprint density at radius 1 is 1.20 bits per heavy atom. The van der Waals surface area contributed by atoms with Crippen LogP contribution in [-0.4, -0.2) is 12.8 Å². The second-order valence-electron chi connectivity index (χ2n) is 6.65. The summed E-state index contributed by atoms with van der Waals surface area (Å²) in [6.45, 7) is 8.54. The maximum atomic E-state index is 12.9. The van der Waals surface area contributed by atoms with E-state index in [1.165, 1.54) is 12.8 Å². The summed E-state index contributed by atoms with van der Waals surface area (Å²) < 4.78 is 19.1. The first-order valence-electron chi connectivity index (χ1n) is 7.71. The summed E-state index contributed by atoms with van der Waals surface area (Å²) in [6, 6.07) is 9.63. The van der Waals surface area contributed by atoms with Crippen LogP contribution in [0.15, 0.2) is 30.3 Å². The summed E-state index contributed by atoms with van der Waals surface area (Å²) >= 11 is 0. The van der Waals surface area contributed by atoms with E-state index in [0.29, 0.717) is 17.8 Å². The van der Waals surface area contributed by atoms with E-state index < -0.39 is 7.37 Å². The van der Waals surface area contributed by atoms with Crippen molar-refractivity contribution in [2.75, 3.05) is 6.66 Å². The van der Waals surface area contributed by atoms with Gasteiger partial charge in [-0.1, -0.05) is 45.4 Å². The number of rotatable bonds is 4. The summed E-state index contributed by atoms with van der Waals surface area (Å²) in [5.41, 5.74) is 0. The lowest BCUT2D eigenvalue weighted by atomic mass is 9.75. The lowest BCUT2D eigenvalue weighted by molar-refractivity contribution is 0.0506. The molecule has 0 spiro atoms. The molecular formula is C17H27O2P. The minimum absolute atomic E-state index is 0.134. The second-order valence-corrected chi connectivity index (χ2v) is 9.07. The maximum Gasteiger partial charge on any atom is 0.229 e. The molecule has 1 fully saturated rings. The fourth-order valence-electron chi connectivity index (χ4n) is 3.25.